The van der Waals surface area contributed by atoms with Crippen molar-refractivity contribution in [1.29, 1.82) is 0 Å². The van der Waals surface area contributed by atoms with Crippen molar-refractivity contribution >= 4 is 40.2 Å². The number of ether oxygens (including phenoxy) is 1. The maximum atomic E-state index is 13.0. The summed E-state index contributed by atoms with van der Waals surface area (Å²) in [5.74, 6) is -0.0672. The summed E-state index contributed by atoms with van der Waals surface area (Å²) in [6.45, 7) is 1.58. The average molecular weight is 388 g/mol. The van der Waals surface area contributed by atoms with Crippen molar-refractivity contribution in [1.82, 2.24) is 0 Å². The fourth-order valence-electron chi connectivity index (χ4n) is 3.70. The molecule has 0 saturated carbocycles. The van der Waals surface area contributed by atoms with Crippen molar-refractivity contribution in [2.24, 2.45) is 0 Å². The Bertz CT molecular complexity index is 1110. The molecule has 4 rings (SSSR count). The number of carbonyl (C=O) groups excluding carboxylic acids is 3. The van der Waals surface area contributed by atoms with E-state index in [4.69, 9.17) is 4.74 Å². The van der Waals surface area contributed by atoms with Crippen LogP contribution in [0.15, 0.2) is 60.7 Å². The number of hydrogen-bond donors (Lipinski definition) is 1. The Morgan fingerprint density at radius 2 is 1.90 bits per heavy atom. The summed E-state index contributed by atoms with van der Waals surface area (Å²) in [6, 6.07) is 17.9. The topological polar surface area (TPSA) is 75.7 Å². The van der Waals surface area contributed by atoms with Gasteiger partial charge >= 0.3 is 0 Å². The van der Waals surface area contributed by atoms with E-state index in [9.17, 15) is 14.4 Å². The first kappa shape index (κ1) is 18.7. The fourth-order valence-corrected chi connectivity index (χ4v) is 3.70. The Morgan fingerprint density at radius 3 is 2.72 bits per heavy atom. The summed E-state index contributed by atoms with van der Waals surface area (Å²) >= 11 is 0. The molecule has 0 aliphatic carbocycles. The van der Waals surface area contributed by atoms with Crippen molar-refractivity contribution in [3.05, 3.63) is 66.2 Å². The number of fused-ring (bicyclic) bond motifs is 2. The predicted molar refractivity (Wildman–Crippen MR) is 111 cm³/mol. The number of hydrogen-bond acceptors (Lipinski definition) is 4. The highest BCUT2D eigenvalue weighted by Gasteiger charge is 2.29. The molecule has 1 aliphatic heterocycles. The molecule has 0 spiro atoms. The van der Waals surface area contributed by atoms with Crippen LogP contribution < -0.4 is 15.0 Å². The van der Waals surface area contributed by atoms with Gasteiger partial charge in [-0.3, -0.25) is 14.4 Å². The van der Waals surface area contributed by atoms with Crippen molar-refractivity contribution in [2.45, 2.75) is 19.4 Å². The number of para-hydroxylation sites is 2. The lowest BCUT2D eigenvalue weighted by atomic mass is 10.0. The first-order valence-corrected chi connectivity index (χ1v) is 9.39. The van der Waals surface area contributed by atoms with Gasteiger partial charge in [0.15, 0.2) is 12.9 Å². The van der Waals surface area contributed by atoms with E-state index in [2.05, 4.69) is 5.32 Å². The maximum Gasteiger partial charge on any atom is 0.265 e. The molecule has 3 aromatic carbocycles. The Balaban J connectivity index is 1.61. The molecule has 6 heteroatoms. The molecule has 6 nitrogen and oxygen atoms in total. The van der Waals surface area contributed by atoms with Gasteiger partial charge in [-0.2, -0.15) is 0 Å². The molecule has 0 radical (unpaired) electrons. The second-order valence-corrected chi connectivity index (χ2v) is 6.99. The van der Waals surface area contributed by atoms with Gasteiger partial charge in [0.2, 0.25) is 5.91 Å². The maximum absolute atomic E-state index is 13.0. The highest BCUT2D eigenvalue weighted by Crippen LogP contribution is 2.32. The molecule has 1 atom stereocenters. The van der Waals surface area contributed by atoms with E-state index in [0.717, 1.165) is 17.1 Å². The number of amides is 2. The van der Waals surface area contributed by atoms with Gasteiger partial charge in [0.25, 0.3) is 5.91 Å². The van der Waals surface area contributed by atoms with Crippen LogP contribution >= 0.6 is 0 Å². The normalized spacial score (nSPS) is 16.0. The van der Waals surface area contributed by atoms with Crippen LogP contribution in [0, 0.1) is 0 Å². The molecular weight excluding hydrogens is 368 g/mol. The second kappa shape index (κ2) is 7.75. The highest BCUT2D eigenvalue weighted by molar-refractivity contribution is 6.05. The van der Waals surface area contributed by atoms with Crippen LogP contribution in [-0.4, -0.2) is 30.7 Å². The number of nitrogens with one attached hydrogen (secondary N) is 1. The summed E-state index contributed by atoms with van der Waals surface area (Å²) in [4.78, 5) is 38.4. The zero-order valence-corrected chi connectivity index (χ0v) is 15.9. The van der Waals surface area contributed by atoms with Crippen LogP contribution in [-0.2, 0) is 9.59 Å². The third-order valence-electron chi connectivity index (χ3n) is 5.03. The van der Waals surface area contributed by atoms with Gasteiger partial charge in [-0.05, 0) is 35.9 Å². The van der Waals surface area contributed by atoms with Gasteiger partial charge in [0.05, 0.1) is 16.9 Å². The minimum atomic E-state index is -0.322. The van der Waals surface area contributed by atoms with Crippen LogP contribution in [0.5, 0.6) is 5.75 Å². The first-order valence-electron chi connectivity index (χ1n) is 9.39. The SMILES string of the molecule is C[C@@H]1CC(=O)Nc2ccccc2N1C(=O)COc1ccc2ccccc2c1C=O. The zero-order chi connectivity index (χ0) is 20.4. The van der Waals surface area contributed by atoms with E-state index < -0.39 is 0 Å². The van der Waals surface area contributed by atoms with Crippen LogP contribution in [0.25, 0.3) is 10.8 Å². The number of nitrogens with zero attached hydrogens (tertiary/aromatic N) is 1. The molecule has 2 amide bonds. The smallest absolute Gasteiger partial charge is 0.265 e. The van der Waals surface area contributed by atoms with Gasteiger partial charge in [0.1, 0.15) is 5.75 Å². The molecular formula is C23H20N2O4. The van der Waals surface area contributed by atoms with Crippen LogP contribution in [0.1, 0.15) is 23.7 Å². The third-order valence-corrected chi connectivity index (χ3v) is 5.03. The quantitative estimate of drug-likeness (QED) is 0.690. The van der Waals surface area contributed by atoms with Gasteiger partial charge in [-0.25, -0.2) is 0 Å². The monoisotopic (exact) mass is 388 g/mol. The molecule has 0 bridgehead atoms. The van der Waals surface area contributed by atoms with Crippen molar-refractivity contribution in [2.75, 3.05) is 16.8 Å². The molecule has 0 saturated heterocycles. The summed E-state index contributed by atoms with van der Waals surface area (Å²) in [5, 5.41) is 4.53. The number of carbonyl (C=O) groups is 3. The third kappa shape index (κ3) is 3.57. The van der Waals surface area contributed by atoms with Crippen LogP contribution in [0.4, 0.5) is 11.4 Å². The largest absolute Gasteiger partial charge is 0.483 e. The summed E-state index contributed by atoms with van der Waals surface area (Å²) in [5.41, 5.74) is 1.64. The van der Waals surface area contributed by atoms with E-state index >= 15 is 0 Å². The van der Waals surface area contributed by atoms with Gasteiger partial charge in [0, 0.05) is 12.5 Å². The molecule has 3 aromatic rings. The second-order valence-electron chi connectivity index (χ2n) is 6.99. The number of aldehydes is 1. The van der Waals surface area contributed by atoms with E-state index in [0.29, 0.717) is 22.7 Å². The Labute approximate surface area is 168 Å². The van der Waals surface area contributed by atoms with E-state index in [1.807, 2.05) is 43.3 Å². The Hall–Kier alpha value is -3.67. The predicted octanol–water partition coefficient (Wildman–Crippen LogP) is 3.80. The lowest BCUT2D eigenvalue weighted by Gasteiger charge is -2.27. The molecule has 0 fully saturated rings. The molecule has 0 unspecified atom stereocenters. The molecule has 0 aromatic heterocycles. The highest BCUT2D eigenvalue weighted by atomic mass is 16.5. The number of anilines is 2. The Morgan fingerprint density at radius 1 is 1.14 bits per heavy atom. The fraction of sp³-hybridized carbons (Fsp3) is 0.174. The van der Waals surface area contributed by atoms with E-state index in [-0.39, 0.29) is 30.9 Å². The number of rotatable bonds is 4. The van der Waals surface area contributed by atoms with Crippen molar-refractivity contribution in [3.8, 4) is 5.75 Å². The van der Waals surface area contributed by atoms with Crippen LogP contribution in [0.3, 0.4) is 0 Å². The minimum absolute atomic E-state index is 0.140. The molecule has 29 heavy (non-hydrogen) atoms. The standard InChI is InChI=1S/C23H20N2O4/c1-15-12-22(27)24-19-8-4-5-9-20(19)25(15)23(28)14-29-21-11-10-16-6-2-3-7-17(16)18(21)13-26/h2-11,13,15H,12,14H2,1H3,(H,24,27)/t15-/m1/s1. The number of benzene rings is 3. The first-order chi connectivity index (χ1) is 14.1. The van der Waals surface area contributed by atoms with Gasteiger partial charge in [-0.1, -0.05) is 42.5 Å². The summed E-state index contributed by atoms with van der Waals surface area (Å²) in [6.07, 6.45) is 0.935. The molecule has 1 aliphatic rings. The summed E-state index contributed by atoms with van der Waals surface area (Å²) < 4.78 is 5.75. The van der Waals surface area contributed by atoms with Crippen molar-refractivity contribution in [3.63, 3.8) is 0 Å². The zero-order valence-electron chi connectivity index (χ0n) is 15.9. The van der Waals surface area contributed by atoms with Gasteiger partial charge in [-0.15, -0.1) is 0 Å². The van der Waals surface area contributed by atoms with E-state index in [1.165, 1.54) is 0 Å². The lowest BCUT2D eigenvalue weighted by molar-refractivity contribution is -0.121. The molecule has 1 heterocycles. The summed E-state index contributed by atoms with van der Waals surface area (Å²) in [7, 11) is 0. The average Bonchev–Trinajstić information content (AvgIpc) is 2.85. The molecule has 1 N–H and O–H groups in total. The lowest BCUT2D eigenvalue weighted by Crippen LogP contribution is -2.41. The molecule has 146 valence electrons. The van der Waals surface area contributed by atoms with E-state index in [1.54, 1.807) is 29.2 Å². The minimum Gasteiger partial charge on any atom is -0.483 e. The van der Waals surface area contributed by atoms with Crippen LogP contribution in [0.2, 0.25) is 0 Å². The van der Waals surface area contributed by atoms with Crippen molar-refractivity contribution < 1.29 is 19.1 Å². The Kier molecular flexibility index (Phi) is 4.99. The van der Waals surface area contributed by atoms with Gasteiger partial charge < -0.3 is 15.0 Å².